The summed E-state index contributed by atoms with van der Waals surface area (Å²) in [6.45, 7) is 4.90. The number of Topliss-reactive ketones (excluding diaryl/α,β-unsaturated/α-hetero) is 1. The van der Waals surface area contributed by atoms with Gasteiger partial charge in [0.25, 0.3) is 0 Å². The van der Waals surface area contributed by atoms with Gasteiger partial charge in [-0.3, -0.25) is 19.7 Å². The number of amides is 1. The molecule has 0 atom stereocenters. The van der Waals surface area contributed by atoms with Crippen LogP contribution in [0.2, 0.25) is 0 Å². The van der Waals surface area contributed by atoms with Gasteiger partial charge in [-0.25, -0.2) is 0 Å². The number of benzene rings is 1. The molecule has 0 radical (unpaired) electrons. The zero-order valence-corrected chi connectivity index (χ0v) is 11.5. The highest BCUT2D eigenvalue weighted by atomic mass is 16.6. The zero-order valence-electron chi connectivity index (χ0n) is 11.5. The number of nitrogens with two attached hydrogens (primary N) is 1. The first kappa shape index (κ1) is 15.6. The first-order valence-corrected chi connectivity index (χ1v) is 5.87. The van der Waals surface area contributed by atoms with E-state index in [1.54, 1.807) is 20.8 Å². The largest absolute Gasteiger partial charge is 0.479 e. The Hall–Kier alpha value is -2.44. The zero-order chi connectivity index (χ0) is 15.5. The van der Waals surface area contributed by atoms with Gasteiger partial charge in [-0.15, -0.1) is 0 Å². The molecule has 1 amide bonds. The molecule has 1 aromatic carbocycles. The Bertz CT molecular complexity index is 560. The molecule has 0 saturated carbocycles. The average molecular weight is 280 g/mol. The third kappa shape index (κ3) is 3.78. The minimum absolute atomic E-state index is 0.00574. The van der Waals surface area contributed by atoms with Gasteiger partial charge in [0.15, 0.2) is 11.5 Å². The van der Waals surface area contributed by atoms with E-state index in [1.807, 2.05) is 0 Å². The highest BCUT2D eigenvalue weighted by Crippen LogP contribution is 2.28. The molecule has 0 aliphatic carbocycles. The summed E-state index contributed by atoms with van der Waals surface area (Å²) in [4.78, 5) is 33.0. The number of nitro benzene ring substituents is 1. The van der Waals surface area contributed by atoms with Gasteiger partial charge in [-0.05, 0) is 12.1 Å². The number of carbonyl (C=O) groups is 2. The van der Waals surface area contributed by atoms with Crippen molar-refractivity contribution in [2.75, 3.05) is 6.61 Å². The van der Waals surface area contributed by atoms with Crippen LogP contribution in [0.3, 0.4) is 0 Å². The van der Waals surface area contributed by atoms with Crippen LogP contribution in [0.25, 0.3) is 0 Å². The number of nitro groups is 1. The van der Waals surface area contributed by atoms with Crippen molar-refractivity contribution in [3.05, 3.63) is 33.9 Å². The Labute approximate surface area is 115 Å². The number of ketones is 1. The predicted octanol–water partition coefficient (Wildman–Crippen LogP) is 1.69. The standard InChI is InChI=1S/C13H16N2O5/c1-13(2,3)11(16)7-20-10-5-4-8(12(14)17)6-9(10)15(18)19/h4-6H,7H2,1-3H3,(H2,14,17). The van der Waals surface area contributed by atoms with Gasteiger partial charge in [0, 0.05) is 17.0 Å². The predicted molar refractivity (Wildman–Crippen MR) is 71.6 cm³/mol. The molecule has 0 fully saturated rings. The van der Waals surface area contributed by atoms with Gasteiger partial charge in [-0.1, -0.05) is 20.8 Å². The number of hydrogen-bond donors (Lipinski definition) is 1. The molecule has 2 N–H and O–H groups in total. The molecular weight excluding hydrogens is 264 g/mol. The molecule has 0 bridgehead atoms. The van der Waals surface area contributed by atoms with Crippen molar-refractivity contribution in [3.63, 3.8) is 0 Å². The Morgan fingerprint density at radius 2 is 1.95 bits per heavy atom. The van der Waals surface area contributed by atoms with Crippen molar-refractivity contribution in [2.45, 2.75) is 20.8 Å². The van der Waals surface area contributed by atoms with Crippen molar-refractivity contribution in [2.24, 2.45) is 11.1 Å². The van der Waals surface area contributed by atoms with Crippen molar-refractivity contribution in [1.82, 2.24) is 0 Å². The molecule has 20 heavy (non-hydrogen) atoms. The number of ether oxygens (including phenoxy) is 1. The summed E-state index contributed by atoms with van der Waals surface area (Å²) in [5.41, 5.74) is 4.07. The highest BCUT2D eigenvalue weighted by Gasteiger charge is 2.24. The van der Waals surface area contributed by atoms with Crippen LogP contribution in [0.1, 0.15) is 31.1 Å². The van der Waals surface area contributed by atoms with Crippen molar-refractivity contribution in [3.8, 4) is 5.75 Å². The van der Waals surface area contributed by atoms with Crippen LogP contribution in [0.5, 0.6) is 5.75 Å². The smallest absolute Gasteiger partial charge is 0.311 e. The fraction of sp³-hybridized carbons (Fsp3) is 0.385. The molecule has 0 aromatic heterocycles. The van der Waals surface area contributed by atoms with Crippen molar-refractivity contribution in [1.29, 1.82) is 0 Å². The van der Waals surface area contributed by atoms with Gasteiger partial charge in [0.05, 0.1) is 4.92 Å². The maximum absolute atomic E-state index is 11.7. The molecule has 7 heteroatoms. The second-order valence-electron chi connectivity index (χ2n) is 5.27. The fourth-order valence-electron chi connectivity index (χ4n) is 1.30. The first-order chi connectivity index (χ1) is 9.12. The summed E-state index contributed by atoms with van der Waals surface area (Å²) in [5.74, 6) is -1.03. The Kier molecular flexibility index (Phi) is 4.44. The van der Waals surface area contributed by atoms with Crippen LogP contribution in [0.4, 0.5) is 5.69 Å². The molecule has 0 heterocycles. The van der Waals surface area contributed by atoms with Crippen molar-refractivity contribution >= 4 is 17.4 Å². The molecule has 0 saturated heterocycles. The minimum Gasteiger partial charge on any atom is -0.479 e. The van der Waals surface area contributed by atoms with E-state index in [0.29, 0.717) is 0 Å². The molecule has 0 aliphatic heterocycles. The molecule has 108 valence electrons. The molecule has 1 rings (SSSR count). The van der Waals surface area contributed by atoms with Gasteiger partial charge < -0.3 is 10.5 Å². The number of hydrogen-bond acceptors (Lipinski definition) is 5. The lowest BCUT2D eigenvalue weighted by molar-refractivity contribution is -0.385. The van der Waals surface area contributed by atoms with E-state index in [1.165, 1.54) is 12.1 Å². The van der Waals surface area contributed by atoms with Crippen molar-refractivity contribution < 1.29 is 19.2 Å². The average Bonchev–Trinajstić information content (AvgIpc) is 2.34. The van der Waals surface area contributed by atoms with Gasteiger partial charge in [0.1, 0.15) is 6.61 Å². The normalized spacial score (nSPS) is 10.9. The Morgan fingerprint density at radius 3 is 2.40 bits per heavy atom. The van der Waals surface area contributed by atoms with Gasteiger partial charge in [-0.2, -0.15) is 0 Å². The molecular formula is C13H16N2O5. The Morgan fingerprint density at radius 1 is 1.35 bits per heavy atom. The third-order valence-electron chi connectivity index (χ3n) is 2.64. The minimum atomic E-state index is -0.773. The van der Waals surface area contributed by atoms with E-state index in [2.05, 4.69) is 0 Å². The monoisotopic (exact) mass is 280 g/mol. The topological polar surface area (TPSA) is 113 Å². The van der Waals surface area contributed by atoms with E-state index >= 15 is 0 Å². The SMILES string of the molecule is CC(C)(C)C(=O)COc1ccc(C(N)=O)cc1[N+](=O)[O-]. The molecule has 7 nitrogen and oxygen atoms in total. The number of nitrogens with zero attached hydrogens (tertiary/aromatic N) is 1. The summed E-state index contributed by atoms with van der Waals surface area (Å²) < 4.78 is 5.18. The molecule has 0 aliphatic rings. The van der Waals surface area contributed by atoms with Crippen LogP contribution in [-0.2, 0) is 4.79 Å². The van der Waals surface area contributed by atoms with Crippen LogP contribution < -0.4 is 10.5 Å². The van der Waals surface area contributed by atoms with E-state index in [0.717, 1.165) is 6.07 Å². The summed E-state index contributed by atoms with van der Waals surface area (Å²) in [6.07, 6.45) is 0. The van der Waals surface area contributed by atoms with E-state index in [-0.39, 0.29) is 23.7 Å². The first-order valence-electron chi connectivity index (χ1n) is 5.87. The van der Waals surface area contributed by atoms with Crippen LogP contribution in [-0.4, -0.2) is 23.2 Å². The fourth-order valence-corrected chi connectivity index (χ4v) is 1.30. The van der Waals surface area contributed by atoms with Crippen LogP contribution in [0.15, 0.2) is 18.2 Å². The highest BCUT2D eigenvalue weighted by molar-refractivity contribution is 5.93. The lowest BCUT2D eigenvalue weighted by atomic mass is 9.91. The lowest BCUT2D eigenvalue weighted by Crippen LogP contribution is -2.26. The second kappa shape index (κ2) is 5.68. The van der Waals surface area contributed by atoms with Crippen LogP contribution in [0, 0.1) is 15.5 Å². The molecule has 0 unspecified atom stereocenters. The summed E-state index contributed by atoms with van der Waals surface area (Å²) >= 11 is 0. The summed E-state index contributed by atoms with van der Waals surface area (Å²) in [6, 6.07) is 3.60. The summed E-state index contributed by atoms with van der Waals surface area (Å²) in [7, 11) is 0. The number of carbonyl (C=O) groups excluding carboxylic acids is 2. The van der Waals surface area contributed by atoms with E-state index < -0.39 is 21.9 Å². The summed E-state index contributed by atoms with van der Waals surface area (Å²) in [5, 5.41) is 10.9. The van der Waals surface area contributed by atoms with Gasteiger partial charge >= 0.3 is 5.69 Å². The molecule has 1 aromatic rings. The quantitative estimate of drug-likeness (QED) is 0.651. The third-order valence-corrected chi connectivity index (χ3v) is 2.64. The second-order valence-corrected chi connectivity index (χ2v) is 5.27. The van der Waals surface area contributed by atoms with E-state index in [9.17, 15) is 19.7 Å². The van der Waals surface area contributed by atoms with Gasteiger partial charge in [0.2, 0.25) is 5.91 Å². The maximum atomic E-state index is 11.7. The lowest BCUT2D eigenvalue weighted by Gasteiger charge is -2.16. The van der Waals surface area contributed by atoms with Crippen LogP contribution >= 0.6 is 0 Å². The Balaban J connectivity index is 2.98. The maximum Gasteiger partial charge on any atom is 0.311 e. The molecule has 0 spiro atoms. The number of primary amides is 1. The number of rotatable bonds is 5. The van der Waals surface area contributed by atoms with E-state index in [4.69, 9.17) is 10.5 Å².